The van der Waals surface area contributed by atoms with Gasteiger partial charge in [-0.1, -0.05) is 0 Å². The number of ether oxygens (including phenoxy) is 1. The first-order chi connectivity index (χ1) is 8.25. The van der Waals surface area contributed by atoms with Crippen molar-refractivity contribution < 1.29 is 24.5 Å². The van der Waals surface area contributed by atoms with E-state index in [1.807, 2.05) is 20.8 Å². The number of hydrogen-bond acceptors (Lipinski definition) is 4. The zero-order chi connectivity index (χ0) is 13.9. The Morgan fingerprint density at radius 3 is 2.61 bits per heavy atom. The van der Waals surface area contributed by atoms with Gasteiger partial charge < -0.3 is 25.2 Å². The molecular weight excluding hydrogens is 240 g/mol. The van der Waals surface area contributed by atoms with Crippen LogP contribution in [0.5, 0.6) is 0 Å². The minimum absolute atomic E-state index is 0.114. The van der Waals surface area contributed by atoms with Crippen LogP contribution >= 0.6 is 0 Å². The Morgan fingerprint density at radius 2 is 2.17 bits per heavy atom. The lowest BCUT2D eigenvalue weighted by molar-refractivity contribution is -0.140. The molecule has 0 aromatic heterocycles. The molecule has 0 aromatic carbocycles. The van der Waals surface area contributed by atoms with E-state index in [2.05, 4.69) is 5.32 Å². The summed E-state index contributed by atoms with van der Waals surface area (Å²) in [6.45, 7) is 5.72. The monoisotopic (exact) mass is 260 g/mol. The molecule has 1 saturated heterocycles. The molecule has 3 N–H and O–H groups in total. The molecule has 1 aliphatic rings. The Balaban J connectivity index is 2.63. The highest BCUT2D eigenvalue weighted by atomic mass is 16.5. The highest BCUT2D eigenvalue weighted by Gasteiger charge is 2.34. The number of nitrogens with zero attached hydrogens (tertiary/aromatic N) is 1. The summed E-state index contributed by atoms with van der Waals surface area (Å²) in [5.41, 5.74) is -0.465. The second-order valence-corrected chi connectivity index (χ2v) is 5.09. The van der Waals surface area contributed by atoms with E-state index in [4.69, 9.17) is 14.9 Å². The maximum atomic E-state index is 11.9. The van der Waals surface area contributed by atoms with Gasteiger partial charge in [0.25, 0.3) is 0 Å². The normalized spacial score (nSPS) is 24.4. The highest BCUT2D eigenvalue weighted by Crippen LogP contribution is 2.20. The quantitative estimate of drug-likeness (QED) is 0.643. The van der Waals surface area contributed by atoms with Crippen molar-refractivity contribution in [1.29, 1.82) is 0 Å². The molecular formula is C11H20N2O5. The molecule has 1 aliphatic heterocycles. The summed E-state index contributed by atoms with van der Waals surface area (Å²) < 4.78 is 5.65. The average Bonchev–Trinajstić information content (AvgIpc) is 2.22. The van der Waals surface area contributed by atoms with Gasteiger partial charge in [-0.2, -0.15) is 0 Å². The standard InChI is InChI=1S/C11H20N2O5/c1-7-4-13(6-11(2,3)18-7)10(17)12-8(5-14)9(15)16/h7-8,14H,4-6H2,1-3H3,(H,12,17)(H,15,16)/t7?,8-/m1/s1. The predicted molar refractivity (Wildman–Crippen MR) is 63.2 cm³/mol. The molecule has 1 heterocycles. The van der Waals surface area contributed by atoms with E-state index in [0.717, 1.165) is 0 Å². The highest BCUT2D eigenvalue weighted by molar-refractivity contribution is 5.82. The number of urea groups is 1. The Hall–Kier alpha value is -1.34. The van der Waals surface area contributed by atoms with Crippen molar-refractivity contribution >= 4 is 12.0 Å². The van der Waals surface area contributed by atoms with Crippen LogP contribution in [0.2, 0.25) is 0 Å². The van der Waals surface area contributed by atoms with E-state index >= 15 is 0 Å². The maximum Gasteiger partial charge on any atom is 0.328 e. The van der Waals surface area contributed by atoms with Gasteiger partial charge in [-0.3, -0.25) is 0 Å². The summed E-state index contributed by atoms with van der Waals surface area (Å²) in [4.78, 5) is 24.1. The number of aliphatic carboxylic acids is 1. The Kier molecular flexibility index (Phi) is 4.53. The fraction of sp³-hybridized carbons (Fsp3) is 0.818. The molecule has 1 fully saturated rings. The first kappa shape index (κ1) is 14.7. The summed E-state index contributed by atoms with van der Waals surface area (Å²) in [6.07, 6.45) is -0.114. The molecule has 1 rings (SSSR count). The number of hydrogen-bond donors (Lipinski definition) is 3. The van der Waals surface area contributed by atoms with Gasteiger partial charge in [0, 0.05) is 6.54 Å². The molecule has 0 aliphatic carbocycles. The number of rotatable bonds is 3. The SMILES string of the molecule is CC1CN(C(=O)N[C@H](CO)C(=O)O)CC(C)(C)O1. The molecule has 104 valence electrons. The molecule has 0 aromatic rings. The van der Waals surface area contributed by atoms with Gasteiger partial charge >= 0.3 is 12.0 Å². The lowest BCUT2D eigenvalue weighted by Gasteiger charge is -2.41. The summed E-state index contributed by atoms with van der Waals surface area (Å²) >= 11 is 0. The van der Waals surface area contributed by atoms with Crippen LogP contribution in [-0.4, -0.2) is 64.6 Å². The maximum absolute atomic E-state index is 11.9. The topological polar surface area (TPSA) is 99.1 Å². The van der Waals surface area contributed by atoms with E-state index in [0.29, 0.717) is 13.1 Å². The third-order valence-corrected chi connectivity index (χ3v) is 2.63. The van der Waals surface area contributed by atoms with Crippen LogP contribution in [0, 0.1) is 0 Å². The number of carboxylic acids is 1. The van der Waals surface area contributed by atoms with Crippen LogP contribution < -0.4 is 5.32 Å². The van der Waals surface area contributed by atoms with Crippen LogP contribution in [0.4, 0.5) is 4.79 Å². The molecule has 7 heteroatoms. The minimum atomic E-state index is -1.28. The Bertz CT molecular complexity index is 331. The van der Waals surface area contributed by atoms with Crippen molar-refractivity contribution in [3.63, 3.8) is 0 Å². The predicted octanol–water partition coefficient (Wildman–Crippen LogP) is -0.359. The molecule has 1 unspecified atom stereocenters. The van der Waals surface area contributed by atoms with Gasteiger partial charge in [-0.15, -0.1) is 0 Å². The number of aliphatic hydroxyl groups is 1. The first-order valence-electron chi connectivity index (χ1n) is 5.82. The van der Waals surface area contributed by atoms with Crippen LogP contribution in [-0.2, 0) is 9.53 Å². The van der Waals surface area contributed by atoms with Crippen molar-refractivity contribution in [2.24, 2.45) is 0 Å². The first-order valence-corrected chi connectivity index (χ1v) is 5.82. The zero-order valence-electron chi connectivity index (χ0n) is 10.8. The van der Waals surface area contributed by atoms with E-state index in [9.17, 15) is 9.59 Å². The average molecular weight is 260 g/mol. The molecule has 7 nitrogen and oxygen atoms in total. The van der Waals surface area contributed by atoms with Gasteiger partial charge in [-0.25, -0.2) is 9.59 Å². The number of morpholine rings is 1. The van der Waals surface area contributed by atoms with Crippen molar-refractivity contribution in [2.45, 2.75) is 38.5 Å². The Labute approximate surface area is 106 Å². The van der Waals surface area contributed by atoms with Crippen LogP contribution in [0.1, 0.15) is 20.8 Å². The zero-order valence-corrected chi connectivity index (χ0v) is 10.8. The third kappa shape index (κ3) is 3.85. The minimum Gasteiger partial charge on any atom is -0.480 e. The van der Waals surface area contributed by atoms with Gasteiger partial charge in [-0.05, 0) is 20.8 Å². The van der Waals surface area contributed by atoms with Gasteiger partial charge in [0.2, 0.25) is 0 Å². The number of carboxylic acid groups (broad SMARTS) is 1. The number of aliphatic hydroxyl groups excluding tert-OH is 1. The molecule has 2 amide bonds. The largest absolute Gasteiger partial charge is 0.480 e. The van der Waals surface area contributed by atoms with Crippen LogP contribution in [0.3, 0.4) is 0 Å². The molecule has 0 bridgehead atoms. The number of carbonyl (C=O) groups is 2. The molecule has 0 saturated carbocycles. The Morgan fingerprint density at radius 1 is 1.56 bits per heavy atom. The lowest BCUT2D eigenvalue weighted by Crippen LogP contribution is -2.58. The van der Waals surface area contributed by atoms with Gasteiger partial charge in [0.1, 0.15) is 0 Å². The number of nitrogens with one attached hydrogen (secondary N) is 1. The van der Waals surface area contributed by atoms with Crippen LogP contribution in [0.15, 0.2) is 0 Å². The fourth-order valence-corrected chi connectivity index (χ4v) is 2.03. The van der Waals surface area contributed by atoms with Crippen molar-refractivity contribution in [2.75, 3.05) is 19.7 Å². The molecule has 18 heavy (non-hydrogen) atoms. The molecule has 2 atom stereocenters. The summed E-state index contributed by atoms with van der Waals surface area (Å²) in [7, 11) is 0. The smallest absolute Gasteiger partial charge is 0.328 e. The second-order valence-electron chi connectivity index (χ2n) is 5.09. The number of carbonyl (C=O) groups excluding carboxylic acids is 1. The van der Waals surface area contributed by atoms with Crippen LogP contribution in [0.25, 0.3) is 0 Å². The third-order valence-electron chi connectivity index (χ3n) is 2.63. The van der Waals surface area contributed by atoms with Crippen molar-refractivity contribution in [1.82, 2.24) is 10.2 Å². The lowest BCUT2D eigenvalue weighted by atomic mass is 10.1. The van der Waals surface area contributed by atoms with Gasteiger partial charge in [0.15, 0.2) is 6.04 Å². The molecule has 0 radical (unpaired) electrons. The van der Waals surface area contributed by atoms with E-state index in [1.54, 1.807) is 0 Å². The summed E-state index contributed by atoms with van der Waals surface area (Å²) in [6, 6.07) is -1.78. The second kappa shape index (κ2) is 5.53. The van der Waals surface area contributed by atoms with Gasteiger partial charge in [0.05, 0.1) is 24.9 Å². The van der Waals surface area contributed by atoms with E-state index in [1.165, 1.54) is 4.90 Å². The summed E-state index contributed by atoms with van der Waals surface area (Å²) in [5, 5.41) is 19.9. The fourth-order valence-electron chi connectivity index (χ4n) is 2.03. The van der Waals surface area contributed by atoms with E-state index < -0.39 is 30.3 Å². The summed E-state index contributed by atoms with van der Waals surface area (Å²) in [5.74, 6) is -1.26. The molecule has 0 spiro atoms. The van der Waals surface area contributed by atoms with E-state index in [-0.39, 0.29) is 6.10 Å². The van der Waals surface area contributed by atoms with Crippen molar-refractivity contribution in [3.8, 4) is 0 Å². The number of amides is 2. The van der Waals surface area contributed by atoms with Crippen molar-refractivity contribution in [3.05, 3.63) is 0 Å².